The molecule has 0 amide bonds. The van der Waals surface area contributed by atoms with Crippen LogP contribution in [-0.2, 0) is 4.79 Å². The second kappa shape index (κ2) is 5.86. The molecule has 0 spiro atoms. The average molecular weight is 307 g/mol. The normalized spacial score (nSPS) is 19.0. The van der Waals surface area contributed by atoms with Crippen molar-refractivity contribution in [3.63, 3.8) is 0 Å². The quantitative estimate of drug-likeness (QED) is 0.753. The second-order valence-electron chi connectivity index (χ2n) is 4.95. The second-order valence-corrected chi connectivity index (χ2v) is 8.35. The van der Waals surface area contributed by atoms with Gasteiger partial charge in [-0.3, -0.25) is 0 Å². The molecular weight excluding hydrogens is 287 g/mol. The third kappa shape index (κ3) is 2.76. The van der Waals surface area contributed by atoms with E-state index in [4.69, 9.17) is 0 Å². The minimum atomic E-state index is 0.229. The van der Waals surface area contributed by atoms with Gasteiger partial charge in [-0.2, -0.15) is 0 Å². The predicted molar refractivity (Wildman–Crippen MR) is 77.6 cm³/mol. The van der Waals surface area contributed by atoms with Gasteiger partial charge in [-0.25, -0.2) is 0 Å². The van der Waals surface area contributed by atoms with Crippen LogP contribution in [0.15, 0.2) is 34.8 Å². The van der Waals surface area contributed by atoms with Gasteiger partial charge in [-0.05, 0) is 0 Å². The summed E-state index contributed by atoms with van der Waals surface area (Å²) in [5.74, 6) is 0.653. The van der Waals surface area contributed by atoms with Crippen LogP contribution < -0.4 is 0 Å². The van der Waals surface area contributed by atoms with Gasteiger partial charge in [0.15, 0.2) is 0 Å². The van der Waals surface area contributed by atoms with Crippen LogP contribution in [0.3, 0.4) is 0 Å². The fourth-order valence-corrected chi connectivity index (χ4v) is 4.87. The van der Waals surface area contributed by atoms with Crippen molar-refractivity contribution < 1.29 is 4.79 Å². The van der Waals surface area contributed by atoms with Crippen molar-refractivity contribution in [3.8, 4) is 0 Å². The van der Waals surface area contributed by atoms with Crippen molar-refractivity contribution in [1.29, 1.82) is 0 Å². The first-order valence-corrected chi connectivity index (χ1v) is 8.45. The van der Waals surface area contributed by atoms with Gasteiger partial charge in [0.1, 0.15) is 0 Å². The molecule has 0 bridgehead atoms. The van der Waals surface area contributed by atoms with Crippen LogP contribution in [0.2, 0.25) is 4.82 Å². The maximum absolute atomic E-state index is 11.9. The molecule has 1 nitrogen and oxygen atoms in total. The van der Waals surface area contributed by atoms with E-state index in [1.54, 1.807) is 0 Å². The molecular formula is C16H20OSe. The predicted octanol–water partition coefficient (Wildman–Crippen LogP) is 3.93. The molecule has 0 saturated heterocycles. The average Bonchev–Trinajstić information content (AvgIpc) is 2.36. The zero-order chi connectivity index (χ0) is 13.1. The number of hydrogen-bond acceptors (Lipinski definition) is 1. The van der Waals surface area contributed by atoms with Gasteiger partial charge in [0.25, 0.3) is 0 Å². The Kier molecular flexibility index (Phi) is 4.42. The maximum atomic E-state index is 11.9. The van der Waals surface area contributed by atoms with E-state index in [-0.39, 0.29) is 5.92 Å². The molecule has 18 heavy (non-hydrogen) atoms. The van der Waals surface area contributed by atoms with Crippen molar-refractivity contribution in [2.75, 3.05) is 0 Å². The summed E-state index contributed by atoms with van der Waals surface area (Å²) in [6.45, 7) is 6.48. The Balaban J connectivity index is 2.29. The van der Waals surface area contributed by atoms with Crippen LogP contribution in [0.1, 0.15) is 39.2 Å². The number of ketones is 1. The number of hydrogen-bond donors (Lipinski definition) is 0. The first-order chi connectivity index (χ1) is 8.63. The molecule has 0 saturated carbocycles. The standard InChI is InChI=1S/C16H20OSe/c1-4-15(17)14-10-13(16(14)18-11(2)3)12-8-6-5-7-9-12/h5-9,11,14H,4,10H2,1-3H3. The molecule has 1 aliphatic rings. The van der Waals surface area contributed by atoms with Crippen molar-refractivity contribution >= 4 is 26.3 Å². The van der Waals surface area contributed by atoms with Gasteiger partial charge in [-0.15, -0.1) is 0 Å². The number of Topliss-reactive ketones (excluding diaryl/α,β-unsaturated/α-hetero) is 1. The summed E-state index contributed by atoms with van der Waals surface area (Å²) in [6.07, 6.45) is 1.63. The molecule has 0 aromatic heterocycles. The SMILES string of the molecule is CCC(=O)C1CC(c2ccccc2)=C1[Se]C(C)C. The van der Waals surface area contributed by atoms with Crippen LogP contribution >= 0.6 is 0 Å². The van der Waals surface area contributed by atoms with Gasteiger partial charge in [0.2, 0.25) is 0 Å². The zero-order valence-corrected chi connectivity index (χ0v) is 13.0. The zero-order valence-electron chi connectivity index (χ0n) is 11.3. The van der Waals surface area contributed by atoms with Gasteiger partial charge in [0, 0.05) is 0 Å². The summed E-state index contributed by atoms with van der Waals surface area (Å²) in [7, 11) is 0. The number of carbonyl (C=O) groups excluding carboxylic acids is 1. The van der Waals surface area contributed by atoms with Crippen molar-refractivity contribution in [1.82, 2.24) is 0 Å². The molecule has 0 heterocycles. The molecule has 0 N–H and O–H groups in total. The van der Waals surface area contributed by atoms with Gasteiger partial charge in [0.05, 0.1) is 0 Å². The third-order valence-electron chi connectivity index (χ3n) is 3.24. The van der Waals surface area contributed by atoms with E-state index >= 15 is 0 Å². The Bertz CT molecular complexity index is 459. The summed E-state index contributed by atoms with van der Waals surface area (Å²) < 4.78 is 1.45. The Morgan fingerprint density at radius 1 is 1.33 bits per heavy atom. The molecule has 1 aliphatic carbocycles. The van der Waals surface area contributed by atoms with Crippen LogP contribution in [-0.4, -0.2) is 20.7 Å². The molecule has 0 fully saturated rings. The fourth-order valence-electron chi connectivity index (χ4n) is 2.29. The third-order valence-corrected chi connectivity index (χ3v) is 5.88. The van der Waals surface area contributed by atoms with Crippen LogP contribution in [0, 0.1) is 5.92 Å². The van der Waals surface area contributed by atoms with E-state index in [0.717, 1.165) is 6.42 Å². The van der Waals surface area contributed by atoms with E-state index in [2.05, 4.69) is 38.1 Å². The number of carbonyl (C=O) groups is 1. The van der Waals surface area contributed by atoms with Gasteiger partial charge in [-0.1, -0.05) is 0 Å². The topological polar surface area (TPSA) is 17.1 Å². The summed E-state index contributed by atoms with van der Waals surface area (Å²) in [5.41, 5.74) is 2.76. The summed E-state index contributed by atoms with van der Waals surface area (Å²) in [6, 6.07) is 10.5. The van der Waals surface area contributed by atoms with E-state index in [1.807, 2.05) is 13.0 Å². The Morgan fingerprint density at radius 2 is 2.00 bits per heavy atom. The molecule has 2 heteroatoms. The molecule has 1 atom stereocenters. The van der Waals surface area contributed by atoms with Crippen LogP contribution in [0.4, 0.5) is 0 Å². The Morgan fingerprint density at radius 3 is 2.56 bits per heavy atom. The molecule has 0 radical (unpaired) electrons. The van der Waals surface area contributed by atoms with Gasteiger partial charge < -0.3 is 0 Å². The van der Waals surface area contributed by atoms with Crippen molar-refractivity contribution in [2.45, 2.75) is 38.4 Å². The van der Waals surface area contributed by atoms with Crippen molar-refractivity contribution in [3.05, 3.63) is 40.4 Å². The van der Waals surface area contributed by atoms with E-state index in [0.29, 0.717) is 32.0 Å². The van der Waals surface area contributed by atoms with E-state index in [1.165, 1.54) is 15.6 Å². The molecule has 0 aliphatic heterocycles. The van der Waals surface area contributed by atoms with Crippen LogP contribution in [0.5, 0.6) is 0 Å². The summed E-state index contributed by atoms with van der Waals surface area (Å²) in [5, 5.41) is 0. The monoisotopic (exact) mass is 308 g/mol. The number of allylic oxidation sites excluding steroid dienone is 2. The van der Waals surface area contributed by atoms with Crippen molar-refractivity contribution in [2.24, 2.45) is 5.92 Å². The fraction of sp³-hybridized carbons (Fsp3) is 0.438. The molecule has 1 unspecified atom stereocenters. The Hall–Kier alpha value is -0.851. The van der Waals surface area contributed by atoms with E-state index in [9.17, 15) is 4.79 Å². The van der Waals surface area contributed by atoms with Gasteiger partial charge >= 0.3 is 116 Å². The summed E-state index contributed by atoms with van der Waals surface area (Å²) >= 11 is 0.457. The molecule has 96 valence electrons. The minimum absolute atomic E-state index is 0.229. The number of benzene rings is 1. The molecule has 1 aromatic carbocycles. The van der Waals surface area contributed by atoms with E-state index < -0.39 is 0 Å². The molecule has 1 aromatic rings. The summed E-state index contributed by atoms with van der Waals surface area (Å²) in [4.78, 5) is 12.6. The Labute approximate surface area is 116 Å². The molecule has 2 rings (SSSR count). The first kappa shape index (κ1) is 13.6. The number of rotatable bonds is 5. The van der Waals surface area contributed by atoms with Crippen LogP contribution in [0.25, 0.3) is 5.57 Å². The first-order valence-electron chi connectivity index (χ1n) is 6.61.